The van der Waals surface area contributed by atoms with Gasteiger partial charge in [0.2, 0.25) is 23.6 Å². The number of amides is 4. The number of likely N-dealkylation sites (tertiary alicyclic amines) is 1. The first-order valence-electron chi connectivity index (χ1n) is 21.8. The SMILES string of the molecule is CCC[C@H](NC(=O)[C@@H]1CCC(=O)N1)C(=O)N1CCC[C@H]1C(=O)NCC(=O)O[C@H]1CC[C@@]2(C)C(=CCC3[C@@H]4CC[C@H]([C@H](C)CCCC(C)C)[C@@]4(C)CC[C@@H]32)C1. The molecule has 0 aromatic rings. The summed E-state index contributed by atoms with van der Waals surface area (Å²) in [6, 6.07) is -2.12. The number of nitrogens with zero attached hydrogens (tertiary/aromatic N) is 1. The smallest absolute Gasteiger partial charge is 0.325 e. The highest BCUT2D eigenvalue weighted by atomic mass is 16.5. The highest BCUT2D eigenvalue weighted by Crippen LogP contribution is 2.67. The Morgan fingerprint density at radius 3 is 2.48 bits per heavy atom. The lowest BCUT2D eigenvalue weighted by Gasteiger charge is -2.58. The molecule has 2 saturated heterocycles. The number of carbonyl (C=O) groups is 5. The molecule has 4 amide bonds. The molecule has 6 rings (SSSR count). The lowest BCUT2D eigenvalue weighted by molar-refractivity contribution is -0.152. The molecule has 3 N–H and O–H groups in total. The standard InChI is InChI=1S/C44H70N4O6/c1-7-10-36(47-40(51)35-18-19-38(49)46-35)42(53)48-24-9-13-37(48)41(52)45-26-39(50)54-30-20-22-43(5)29(25-30)14-15-31-33-17-16-32(28(4)12-8-11-27(2)3)44(33,6)23-21-34(31)43/h14,27-28,30-37H,7-13,15-26H2,1-6H3,(H,45,52)(H,46,49)(H,47,51)/t28-,30+,31?,32-,33+,34+,35+,36+,37+,43+,44-/m1/s1. The van der Waals surface area contributed by atoms with Crippen molar-refractivity contribution >= 4 is 29.6 Å². The average molecular weight is 751 g/mol. The van der Waals surface area contributed by atoms with Crippen LogP contribution in [0.3, 0.4) is 0 Å². The number of rotatable bonds is 14. The molecule has 0 aromatic heterocycles. The van der Waals surface area contributed by atoms with E-state index in [4.69, 9.17) is 4.74 Å². The molecule has 5 fully saturated rings. The quantitative estimate of drug-likeness (QED) is 0.135. The molecule has 4 aliphatic carbocycles. The fraction of sp³-hybridized carbons (Fsp3) is 0.841. The Morgan fingerprint density at radius 2 is 1.76 bits per heavy atom. The lowest BCUT2D eigenvalue weighted by atomic mass is 9.47. The van der Waals surface area contributed by atoms with Crippen LogP contribution in [-0.2, 0) is 28.7 Å². The average Bonchev–Trinajstić information content (AvgIpc) is 3.88. The van der Waals surface area contributed by atoms with Crippen molar-refractivity contribution < 1.29 is 28.7 Å². The second-order valence-corrected chi connectivity index (χ2v) is 19.1. The molecule has 0 bridgehead atoms. The molecule has 6 aliphatic rings. The van der Waals surface area contributed by atoms with Crippen LogP contribution < -0.4 is 16.0 Å². The number of esters is 1. The summed E-state index contributed by atoms with van der Waals surface area (Å²) in [5.41, 5.74) is 2.10. The lowest BCUT2D eigenvalue weighted by Crippen LogP contribution is -2.55. The number of hydrogen-bond donors (Lipinski definition) is 3. The minimum atomic E-state index is -0.777. The van der Waals surface area contributed by atoms with Crippen molar-refractivity contribution in [1.82, 2.24) is 20.9 Å². The van der Waals surface area contributed by atoms with Crippen LogP contribution in [0.2, 0.25) is 0 Å². The van der Waals surface area contributed by atoms with Gasteiger partial charge in [-0.25, -0.2) is 0 Å². The predicted octanol–water partition coefficient (Wildman–Crippen LogP) is 6.61. The molecule has 10 nitrogen and oxygen atoms in total. The van der Waals surface area contributed by atoms with E-state index in [1.165, 1.54) is 55.4 Å². The minimum Gasteiger partial charge on any atom is -0.461 e. The van der Waals surface area contributed by atoms with E-state index in [9.17, 15) is 24.0 Å². The zero-order chi connectivity index (χ0) is 38.8. The summed E-state index contributed by atoms with van der Waals surface area (Å²) in [7, 11) is 0. The Balaban J connectivity index is 0.988. The van der Waals surface area contributed by atoms with Crippen LogP contribution in [-0.4, -0.2) is 71.8 Å². The summed E-state index contributed by atoms with van der Waals surface area (Å²) < 4.78 is 6.00. The third-order valence-electron chi connectivity index (χ3n) is 15.3. The van der Waals surface area contributed by atoms with Gasteiger partial charge in [0.05, 0.1) is 0 Å². The number of carbonyl (C=O) groups excluding carboxylic acids is 5. The zero-order valence-corrected chi connectivity index (χ0v) is 34.2. The predicted molar refractivity (Wildman–Crippen MR) is 209 cm³/mol. The van der Waals surface area contributed by atoms with E-state index < -0.39 is 24.1 Å². The zero-order valence-electron chi connectivity index (χ0n) is 34.2. The van der Waals surface area contributed by atoms with Crippen molar-refractivity contribution in [3.8, 4) is 0 Å². The number of nitrogens with one attached hydrogen (secondary N) is 3. The van der Waals surface area contributed by atoms with Gasteiger partial charge >= 0.3 is 5.97 Å². The van der Waals surface area contributed by atoms with Crippen LogP contribution in [0, 0.1) is 46.3 Å². The van der Waals surface area contributed by atoms with Crippen LogP contribution in [0.25, 0.3) is 0 Å². The first-order chi connectivity index (χ1) is 25.7. The second kappa shape index (κ2) is 17.1. The Morgan fingerprint density at radius 1 is 0.963 bits per heavy atom. The summed E-state index contributed by atoms with van der Waals surface area (Å²) in [6.07, 6.45) is 18.6. The van der Waals surface area contributed by atoms with Crippen molar-refractivity contribution in [3.05, 3.63) is 11.6 Å². The molecule has 3 saturated carbocycles. The van der Waals surface area contributed by atoms with Crippen molar-refractivity contribution in [3.63, 3.8) is 0 Å². The highest BCUT2D eigenvalue weighted by molar-refractivity contribution is 5.96. The van der Waals surface area contributed by atoms with E-state index in [1.54, 1.807) is 0 Å². The molecule has 0 radical (unpaired) electrons. The third kappa shape index (κ3) is 8.42. The molecule has 54 heavy (non-hydrogen) atoms. The number of allylic oxidation sites excluding steroid dienone is 1. The topological polar surface area (TPSA) is 134 Å². The van der Waals surface area contributed by atoms with Crippen molar-refractivity contribution in [2.45, 2.75) is 175 Å². The van der Waals surface area contributed by atoms with Crippen LogP contribution in [0.5, 0.6) is 0 Å². The maximum Gasteiger partial charge on any atom is 0.325 e. The third-order valence-corrected chi connectivity index (χ3v) is 15.3. The number of ether oxygens (including phenoxy) is 1. The van der Waals surface area contributed by atoms with E-state index >= 15 is 0 Å². The Labute approximate surface area is 324 Å². The van der Waals surface area contributed by atoms with E-state index in [2.05, 4.69) is 56.6 Å². The van der Waals surface area contributed by atoms with Gasteiger partial charge in [0.25, 0.3) is 0 Å². The first-order valence-corrected chi connectivity index (χ1v) is 21.8. The fourth-order valence-electron chi connectivity index (χ4n) is 12.4. The number of hydrogen-bond acceptors (Lipinski definition) is 6. The molecule has 10 heteroatoms. The maximum atomic E-state index is 13.6. The van der Waals surface area contributed by atoms with Gasteiger partial charge in [-0.15, -0.1) is 0 Å². The minimum absolute atomic E-state index is 0.168. The van der Waals surface area contributed by atoms with Crippen LogP contribution >= 0.6 is 0 Å². The molecule has 0 spiro atoms. The summed E-state index contributed by atoms with van der Waals surface area (Å²) in [6.45, 7) is 14.5. The van der Waals surface area contributed by atoms with Gasteiger partial charge in [-0.2, -0.15) is 0 Å². The summed E-state index contributed by atoms with van der Waals surface area (Å²) in [4.78, 5) is 66.0. The molecular formula is C44H70N4O6. The second-order valence-electron chi connectivity index (χ2n) is 19.1. The van der Waals surface area contributed by atoms with E-state index in [0.717, 1.165) is 55.3 Å². The van der Waals surface area contributed by atoms with Gasteiger partial charge in [-0.3, -0.25) is 24.0 Å². The van der Waals surface area contributed by atoms with Gasteiger partial charge < -0.3 is 25.6 Å². The molecule has 2 aliphatic heterocycles. The van der Waals surface area contributed by atoms with Gasteiger partial charge in [-0.1, -0.05) is 78.9 Å². The monoisotopic (exact) mass is 751 g/mol. The van der Waals surface area contributed by atoms with Crippen LogP contribution in [0.15, 0.2) is 11.6 Å². The van der Waals surface area contributed by atoms with Gasteiger partial charge in [-0.05, 0) is 117 Å². The summed E-state index contributed by atoms with van der Waals surface area (Å²) in [5.74, 6) is 3.06. The van der Waals surface area contributed by atoms with Crippen molar-refractivity contribution in [2.24, 2.45) is 46.3 Å². The molecule has 0 aromatic carbocycles. The Hall–Kier alpha value is -2.91. The van der Waals surface area contributed by atoms with Gasteiger partial charge in [0.1, 0.15) is 30.8 Å². The molecular weight excluding hydrogens is 681 g/mol. The van der Waals surface area contributed by atoms with Crippen molar-refractivity contribution in [2.75, 3.05) is 13.1 Å². The summed E-state index contributed by atoms with van der Waals surface area (Å²) >= 11 is 0. The summed E-state index contributed by atoms with van der Waals surface area (Å²) in [5, 5.41) is 8.23. The Kier molecular flexibility index (Phi) is 12.9. The molecule has 11 atom stereocenters. The molecule has 302 valence electrons. The Bertz CT molecular complexity index is 1450. The van der Waals surface area contributed by atoms with Crippen molar-refractivity contribution in [1.29, 1.82) is 0 Å². The fourth-order valence-corrected chi connectivity index (χ4v) is 12.4. The normalized spacial score (nSPS) is 35.6. The number of fused-ring (bicyclic) bond motifs is 5. The molecule has 2 heterocycles. The van der Waals surface area contributed by atoms with Crippen LogP contribution in [0.1, 0.15) is 151 Å². The largest absolute Gasteiger partial charge is 0.461 e. The van der Waals surface area contributed by atoms with Crippen LogP contribution in [0.4, 0.5) is 0 Å². The van der Waals surface area contributed by atoms with Gasteiger partial charge in [0, 0.05) is 19.4 Å². The first kappa shape index (κ1) is 40.7. The maximum absolute atomic E-state index is 13.6. The molecule has 1 unspecified atom stereocenters. The highest BCUT2D eigenvalue weighted by Gasteiger charge is 2.59. The van der Waals surface area contributed by atoms with E-state index in [1.807, 2.05) is 6.92 Å². The van der Waals surface area contributed by atoms with E-state index in [0.29, 0.717) is 56.4 Å². The van der Waals surface area contributed by atoms with E-state index in [-0.39, 0.29) is 41.7 Å². The van der Waals surface area contributed by atoms with Gasteiger partial charge in [0.15, 0.2) is 0 Å².